The molecule has 26 heavy (non-hydrogen) atoms. The highest BCUT2D eigenvalue weighted by Crippen LogP contribution is 2.20. The largest absolute Gasteiger partial charge is 0.350 e. The number of benzene rings is 2. The van der Waals surface area contributed by atoms with Gasteiger partial charge in [-0.15, -0.1) is 0 Å². The summed E-state index contributed by atoms with van der Waals surface area (Å²) in [6, 6.07) is 13.2. The summed E-state index contributed by atoms with van der Waals surface area (Å²) in [6.07, 6.45) is 0. The van der Waals surface area contributed by atoms with Crippen LogP contribution in [0.3, 0.4) is 0 Å². The summed E-state index contributed by atoms with van der Waals surface area (Å²) >= 11 is 5.92. The number of carbonyl (C=O) groups is 3. The molecule has 0 saturated heterocycles. The average Bonchev–Trinajstić information content (AvgIpc) is 3.02. The third-order valence-corrected chi connectivity index (χ3v) is 3.80. The van der Waals surface area contributed by atoms with E-state index in [1.807, 2.05) is 0 Å². The first-order chi connectivity index (χ1) is 12.4. The number of aromatic amines is 1. The number of hydrogen-bond acceptors (Lipinski definition) is 3. The van der Waals surface area contributed by atoms with Gasteiger partial charge in [0, 0.05) is 34.1 Å². The molecule has 0 aliphatic rings. The van der Waals surface area contributed by atoms with Crippen LogP contribution < -0.4 is 16.2 Å². The van der Waals surface area contributed by atoms with Gasteiger partial charge in [0.1, 0.15) is 5.69 Å². The van der Waals surface area contributed by atoms with Crippen molar-refractivity contribution in [2.45, 2.75) is 6.92 Å². The first-order valence-electron chi connectivity index (χ1n) is 7.69. The SMILES string of the molecule is CC(=O)Nc1cccc(C(=O)NNC(=O)c2cc3cc(Cl)ccc3[nH]2)c1. The molecule has 0 atom stereocenters. The number of anilines is 1. The summed E-state index contributed by atoms with van der Waals surface area (Å²) in [7, 11) is 0. The van der Waals surface area contributed by atoms with Crippen LogP contribution in [0.5, 0.6) is 0 Å². The monoisotopic (exact) mass is 370 g/mol. The standard InChI is InChI=1S/C18H15ClN4O3/c1-10(24)20-14-4-2-3-11(8-14)17(25)22-23-18(26)16-9-12-7-13(19)5-6-15(12)21-16/h2-9,21H,1H3,(H,20,24)(H,22,25)(H,23,26). The number of hydrogen-bond donors (Lipinski definition) is 4. The molecule has 3 amide bonds. The number of nitrogens with one attached hydrogen (secondary N) is 4. The van der Waals surface area contributed by atoms with Crippen LogP contribution in [0.1, 0.15) is 27.8 Å². The average molecular weight is 371 g/mol. The molecule has 0 aliphatic heterocycles. The van der Waals surface area contributed by atoms with Crippen molar-refractivity contribution in [2.24, 2.45) is 0 Å². The number of aromatic nitrogens is 1. The van der Waals surface area contributed by atoms with Crippen molar-refractivity contribution in [3.05, 3.63) is 64.8 Å². The molecule has 0 fully saturated rings. The lowest BCUT2D eigenvalue weighted by Crippen LogP contribution is -2.41. The highest BCUT2D eigenvalue weighted by atomic mass is 35.5. The Bertz CT molecular complexity index is 1010. The van der Waals surface area contributed by atoms with Crippen LogP contribution in [0.2, 0.25) is 5.02 Å². The minimum atomic E-state index is -0.510. The number of hydrazine groups is 1. The van der Waals surface area contributed by atoms with E-state index in [2.05, 4.69) is 21.2 Å². The second-order valence-electron chi connectivity index (χ2n) is 5.58. The molecule has 2 aromatic carbocycles. The van der Waals surface area contributed by atoms with Gasteiger partial charge in [0.15, 0.2) is 0 Å². The topological polar surface area (TPSA) is 103 Å². The number of halogens is 1. The van der Waals surface area contributed by atoms with Crippen molar-refractivity contribution in [1.29, 1.82) is 0 Å². The molecule has 132 valence electrons. The van der Waals surface area contributed by atoms with Gasteiger partial charge in [-0.25, -0.2) is 0 Å². The number of rotatable bonds is 3. The smallest absolute Gasteiger partial charge is 0.286 e. The summed E-state index contributed by atoms with van der Waals surface area (Å²) in [4.78, 5) is 38.4. The molecule has 0 spiro atoms. The first-order valence-corrected chi connectivity index (χ1v) is 8.07. The fourth-order valence-corrected chi connectivity index (χ4v) is 2.60. The van der Waals surface area contributed by atoms with Crippen LogP contribution in [0, 0.1) is 0 Å². The van der Waals surface area contributed by atoms with Gasteiger partial charge < -0.3 is 10.3 Å². The van der Waals surface area contributed by atoms with E-state index in [0.29, 0.717) is 16.3 Å². The number of amides is 3. The van der Waals surface area contributed by atoms with Crippen LogP contribution in [-0.4, -0.2) is 22.7 Å². The fraction of sp³-hybridized carbons (Fsp3) is 0.0556. The second kappa shape index (κ2) is 7.28. The van der Waals surface area contributed by atoms with Crippen molar-refractivity contribution >= 4 is 45.9 Å². The third-order valence-electron chi connectivity index (χ3n) is 3.56. The molecule has 0 unspecified atom stereocenters. The molecule has 3 rings (SSSR count). The molecule has 0 bridgehead atoms. The lowest BCUT2D eigenvalue weighted by atomic mass is 10.2. The van der Waals surface area contributed by atoms with Crippen LogP contribution >= 0.6 is 11.6 Å². The molecule has 8 heteroatoms. The quantitative estimate of drug-likeness (QED) is 0.533. The van der Waals surface area contributed by atoms with E-state index in [1.54, 1.807) is 42.5 Å². The van der Waals surface area contributed by atoms with Gasteiger partial charge in [0.2, 0.25) is 5.91 Å². The summed E-state index contributed by atoms with van der Waals surface area (Å²) in [5.41, 5.74) is 6.51. The van der Waals surface area contributed by atoms with E-state index in [1.165, 1.54) is 13.0 Å². The molecule has 0 radical (unpaired) electrons. The maximum Gasteiger partial charge on any atom is 0.286 e. The van der Waals surface area contributed by atoms with Crippen molar-refractivity contribution < 1.29 is 14.4 Å². The van der Waals surface area contributed by atoms with Crippen molar-refractivity contribution in [3.8, 4) is 0 Å². The van der Waals surface area contributed by atoms with E-state index in [9.17, 15) is 14.4 Å². The zero-order valence-corrected chi connectivity index (χ0v) is 14.5. The Hall–Kier alpha value is -3.32. The molecule has 0 saturated carbocycles. The number of fused-ring (bicyclic) bond motifs is 1. The molecule has 4 N–H and O–H groups in total. The van der Waals surface area contributed by atoms with E-state index < -0.39 is 11.8 Å². The van der Waals surface area contributed by atoms with Gasteiger partial charge in [0.05, 0.1) is 0 Å². The van der Waals surface area contributed by atoms with Crippen molar-refractivity contribution in [1.82, 2.24) is 15.8 Å². The van der Waals surface area contributed by atoms with E-state index in [4.69, 9.17) is 11.6 Å². The highest BCUT2D eigenvalue weighted by molar-refractivity contribution is 6.31. The maximum absolute atomic E-state index is 12.2. The van der Waals surface area contributed by atoms with Crippen molar-refractivity contribution in [3.63, 3.8) is 0 Å². The fourth-order valence-electron chi connectivity index (χ4n) is 2.42. The highest BCUT2D eigenvalue weighted by Gasteiger charge is 2.12. The van der Waals surface area contributed by atoms with Gasteiger partial charge in [-0.3, -0.25) is 25.2 Å². The molecule has 1 aromatic heterocycles. The predicted octanol–water partition coefficient (Wildman–Crippen LogP) is 2.85. The Labute approximate surface area is 153 Å². The van der Waals surface area contributed by atoms with Crippen LogP contribution in [0.4, 0.5) is 5.69 Å². The summed E-state index contributed by atoms with van der Waals surface area (Å²) in [5.74, 6) is -1.25. The Morgan fingerprint density at radius 3 is 2.50 bits per heavy atom. The summed E-state index contributed by atoms with van der Waals surface area (Å²) < 4.78 is 0. The predicted molar refractivity (Wildman–Crippen MR) is 99.0 cm³/mol. The Morgan fingerprint density at radius 2 is 1.73 bits per heavy atom. The first kappa shape index (κ1) is 17.5. The lowest BCUT2D eigenvalue weighted by Gasteiger charge is -2.08. The third kappa shape index (κ3) is 4.01. The van der Waals surface area contributed by atoms with Crippen LogP contribution in [-0.2, 0) is 4.79 Å². The van der Waals surface area contributed by atoms with Crippen molar-refractivity contribution in [2.75, 3.05) is 5.32 Å². The summed E-state index contributed by atoms with van der Waals surface area (Å²) in [5, 5.41) is 3.94. The van der Waals surface area contributed by atoms with E-state index in [0.717, 1.165) is 10.9 Å². The minimum absolute atomic E-state index is 0.241. The van der Waals surface area contributed by atoms with Crippen LogP contribution in [0.25, 0.3) is 10.9 Å². The van der Waals surface area contributed by atoms with Gasteiger partial charge in [-0.1, -0.05) is 17.7 Å². The minimum Gasteiger partial charge on any atom is -0.350 e. The molecule has 0 aliphatic carbocycles. The van der Waals surface area contributed by atoms with Crippen LogP contribution in [0.15, 0.2) is 48.5 Å². The Balaban J connectivity index is 1.66. The zero-order valence-electron chi connectivity index (χ0n) is 13.7. The zero-order chi connectivity index (χ0) is 18.7. The Kier molecular flexibility index (Phi) is 4.90. The van der Waals surface area contributed by atoms with E-state index in [-0.39, 0.29) is 11.6 Å². The maximum atomic E-state index is 12.2. The Morgan fingerprint density at radius 1 is 0.962 bits per heavy atom. The van der Waals surface area contributed by atoms with Gasteiger partial charge >= 0.3 is 0 Å². The molecular weight excluding hydrogens is 356 g/mol. The molecule has 1 heterocycles. The molecule has 7 nitrogen and oxygen atoms in total. The lowest BCUT2D eigenvalue weighted by molar-refractivity contribution is -0.114. The molecular formula is C18H15ClN4O3. The van der Waals surface area contributed by atoms with Gasteiger partial charge in [-0.05, 0) is 42.5 Å². The van der Waals surface area contributed by atoms with Gasteiger partial charge in [-0.2, -0.15) is 0 Å². The number of H-pyrrole nitrogens is 1. The number of carbonyl (C=O) groups excluding carboxylic acids is 3. The van der Waals surface area contributed by atoms with Gasteiger partial charge in [0.25, 0.3) is 11.8 Å². The second-order valence-corrected chi connectivity index (χ2v) is 6.02. The molecule has 3 aromatic rings. The summed E-state index contributed by atoms with van der Waals surface area (Å²) in [6.45, 7) is 1.38. The van der Waals surface area contributed by atoms with E-state index >= 15 is 0 Å². The normalized spacial score (nSPS) is 10.4.